The number of benzene rings is 3. The molecule has 0 aliphatic carbocycles. The summed E-state index contributed by atoms with van der Waals surface area (Å²) in [6.45, 7) is -0.388. The number of halogens is 3. The quantitative estimate of drug-likeness (QED) is 0.584. The highest BCUT2D eigenvalue weighted by Gasteiger charge is 2.30. The van der Waals surface area contributed by atoms with Crippen molar-refractivity contribution >= 4 is 16.7 Å². The third-order valence-electron chi connectivity index (χ3n) is 4.23. The number of phenolic OH excluding ortho intramolecular Hbond substituents is 1. The van der Waals surface area contributed by atoms with Gasteiger partial charge in [0.05, 0.1) is 11.1 Å². The lowest BCUT2D eigenvalue weighted by atomic mass is 10.1. The van der Waals surface area contributed by atoms with Gasteiger partial charge in [0, 0.05) is 6.54 Å². The molecule has 1 atom stereocenters. The molecule has 0 fully saturated rings. The Morgan fingerprint density at radius 1 is 1.03 bits per heavy atom. The molecule has 0 heterocycles. The molecule has 5 nitrogen and oxygen atoms in total. The number of aliphatic hydroxyl groups excluding tert-OH is 1. The molecule has 8 heteroatoms. The predicted molar refractivity (Wildman–Crippen MR) is 101 cm³/mol. The van der Waals surface area contributed by atoms with E-state index in [1.807, 2.05) is 12.1 Å². The summed E-state index contributed by atoms with van der Waals surface area (Å²) in [4.78, 5) is 12.3. The smallest absolute Gasteiger partial charge is 0.416 e. The van der Waals surface area contributed by atoms with Crippen molar-refractivity contribution in [1.29, 1.82) is 0 Å². The van der Waals surface area contributed by atoms with Gasteiger partial charge in [-0.1, -0.05) is 24.3 Å². The summed E-state index contributed by atoms with van der Waals surface area (Å²) in [6, 6.07) is 14.3. The summed E-state index contributed by atoms with van der Waals surface area (Å²) in [5, 5.41) is 24.1. The van der Waals surface area contributed by atoms with Gasteiger partial charge in [-0.2, -0.15) is 13.2 Å². The van der Waals surface area contributed by atoms with Crippen molar-refractivity contribution in [2.24, 2.45) is 0 Å². The monoisotopic (exact) mass is 405 g/mol. The number of ether oxygens (including phenoxy) is 1. The van der Waals surface area contributed by atoms with Crippen molar-refractivity contribution in [3.8, 4) is 11.5 Å². The number of amides is 1. The highest BCUT2D eigenvalue weighted by Crippen LogP contribution is 2.30. The molecule has 3 N–H and O–H groups in total. The number of hydrogen-bond acceptors (Lipinski definition) is 4. The van der Waals surface area contributed by atoms with Crippen molar-refractivity contribution in [2.45, 2.75) is 12.3 Å². The van der Waals surface area contributed by atoms with E-state index < -0.39 is 23.8 Å². The van der Waals surface area contributed by atoms with Crippen LogP contribution < -0.4 is 10.1 Å². The van der Waals surface area contributed by atoms with Gasteiger partial charge < -0.3 is 20.3 Å². The number of carbonyl (C=O) groups excluding carboxylic acids is 1. The van der Waals surface area contributed by atoms with E-state index in [0.29, 0.717) is 0 Å². The summed E-state index contributed by atoms with van der Waals surface area (Å²) in [5.41, 5.74) is -0.729. The Kier molecular flexibility index (Phi) is 5.93. The lowest BCUT2D eigenvalue weighted by molar-refractivity contribution is -0.137. The molecule has 0 spiro atoms. The number of aliphatic hydroxyl groups is 1. The Hall–Kier alpha value is -3.26. The van der Waals surface area contributed by atoms with Gasteiger partial charge in [0.15, 0.2) is 0 Å². The van der Waals surface area contributed by atoms with Crippen molar-refractivity contribution in [3.63, 3.8) is 0 Å². The molecule has 0 aliphatic rings. The fraction of sp³-hybridized carbons (Fsp3) is 0.190. The van der Waals surface area contributed by atoms with Gasteiger partial charge in [0.2, 0.25) is 0 Å². The predicted octanol–water partition coefficient (Wildman–Crippen LogP) is 3.73. The first-order valence-corrected chi connectivity index (χ1v) is 8.72. The van der Waals surface area contributed by atoms with Crippen LogP contribution in [-0.2, 0) is 6.18 Å². The number of alkyl halides is 3. The zero-order valence-corrected chi connectivity index (χ0v) is 15.1. The Bertz CT molecular complexity index is 1000. The van der Waals surface area contributed by atoms with E-state index in [1.165, 1.54) is 6.07 Å². The maximum atomic E-state index is 12.5. The fourth-order valence-corrected chi connectivity index (χ4v) is 2.71. The zero-order valence-electron chi connectivity index (χ0n) is 15.1. The van der Waals surface area contributed by atoms with Crippen LogP contribution in [0.2, 0.25) is 0 Å². The Morgan fingerprint density at radius 2 is 1.66 bits per heavy atom. The van der Waals surface area contributed by atoms with Crippen molar-refractivity contribution < 1.29 is 32.9 Å². The van der Waals surface area contributed by atoms with Crippen LogP contribution in [0.3, 0.4) is 0 Å². The minimum atomic E-state index is -4.43. The van der Waals surface area contributed by atoms with Crippen molar-refractivity contribution in [3.05, 3.63) is 71.8 Å². The Balaban J connectivity index is 1.53. The van der Waals surface area contributed by atoms with Gasteiger partial charge in [-0.25, -0.2) is 0 Å². The maximum absolute atomic E-state index is 12.5. The van der Waals surface area contributed by atoms with E-state index in [2.05, 4.69) is 5.32 Å². The molecule has 3 rings (SSSR count). The average molecular weight is 405 g/mol. The summed E-state index contributed by atoms with van der Waals surface area (Å²) < 4.78 is 42.8. The number of rotatable bonds is 6. The molecule has 0 aromatic heterocycles. The third kappa shape index (κ3) is 5.17. The van der Waals surface area contributed by atoms with Crippen LogP contribution in [0, 0.1) is 0 Å². The van der Waals surface area contributed by atoms with E-state index in [0.717, 1.165) is 35.0 Å². The van der Waals surface area contributed by atoms with E-state index in [1.54, 1.807) is 18.2 Å². The second-order valence-electron chi connectivity index (χ2n) is 6.41. The summed E-state index contributed by atoms with van der Waals surface area (Å²) in [6.07, 6.45) is -5.53. The molecule has 0 saturated heterocycles. The average Bonchev–Trinajstić information content (AvgIpc) is 2.69. The number of nitrogens with one attached hydrogen (secondary N) is 1. The van der Waals surface area contributed by atoms with Crippen LogP contribution in [-0.4, -0.2) is 35.4 Å². The van der Waals surface area contributed by atoms with Gasteiger partial charge in [-0.05, 0) is 47.2 Å². The molecule has 152 valence electrons. The summed E-state index contributed by atoms with van der Waals surface area (Å²) in [5.74, 6) is -0.589. The molecule has 0 radical (unpaired) electrons. The minimum Gasteiger partial charge on any atom is -0.507 e. The van der Waals surface area contributed by atoms with E-state index in [9.17, 15) is 28.2 Å². The van der Waals surface area contributed by atoms with Gasteiger partial charge in [-0.15, -0.1) is 0 Å². The molecular formula is C21H18F3NO4. The first-order valence-electron chi connectivity index (χ1n) is 8.72. The molecule has 3 aromatic rings. The van der Waals surface area contributed by atoms with E-state index >= 15 is 0 Å². The standard InChI is InChI=1S/C21H18F3NO4/c22-21(23,24)15-5-7-17(8-6-15)29-12-16(26)11-25-20(28)18-9-13-3-1-2-4-14(13)10-19(18)27/h1-10,16,26-27H,11-12H2,(H,25,28). The van der Waals surface area contributed by atoms with Crippen molar-refractivity contribution in [2.75, 3.05) is 13.2 Å². The number of carbonyl (C=O) groups is 1. The second-order valence-corrected chi connectivity index (χ2v) is 6.41. The van der Waals surface area contributed by atoms with Crippen LogP contribution in [0.25, 0.3) is 10.8 Å². The summed E-state index contributed by atoms with van der Waals surface area (Å²) in [7, 11) is 0. The van der Waals surface area contributed by atoms with Gasteiger partial charge in [0.25, 0.3) is 5.91 Å². The normalized spacial score (nSPS) is 12.6. The van der Waals surface area contributed by atoms with Gasteiger partial charge >= 0.3 is 6.18 Å². The second kappa shape index (κ2) is 8.40. The van der Waals surface area contributed by atoms with Crippen LogP contribution in [0.15, 0.2) is 60.7 Å². The van der Waals surface area contributed by atoms with Gasteiger partial charge in [-0.3, -0.25) is 4.79 Å². The molecular weight excluding hydrogens is 387 g/mol. The SMILES string of the molecule is O=C(NCC(O)COc1ccc(C(F)(F)F)cc1)c1cc2ccccc2cc1O. The zero-order chi connectivity index (χ0) is 21.0. The number of phenols is 1. The molecule has 1 unspecified atom stereocenters. The molecule has 3 aromatic carbocycles. The van der Waals surface area contributed by atoms with Gasteiger partial charge in [0.1, 0.15) is 24.2 Å². The Morgan fingerprint density at radius 3 is 2.28 bits per heavy atom. The molecule has 29 heavy (non-hydrogen) atoms. The van der Waals surface area contributed by atoms with Crippen LogP contribution in [0.1, 0.15) is 15.9 Å². The van der Waals surface area contributed by atoms with E-state index in [4.69, 9.17) is 4.74 Å². The van der Waals surface area contributed by atoms with Crippen molar-refractivity contribution in [1.82, 2.24) is 5.32 Å². The maximum Gasteiger partial charge on any atom is 0.416 e. The highest BCUT2D eigenvalue weighted by molar-refractivity contribution is 6.01. The largest absolute Gasteiger partial charge is 0.507 e. The minimum absolute atomic E-state index is 0.0690. The topological polar surface area (TPSA) is 78.8 Å². The first kappa shape index (κ1) is 20.5. The van der Waals surface area contributed by atoms with Crippen LogP contribution in [0.4, 0.5) is 13.2 Å². The third-order valence-corrected chi connectivity index (χ3v) is 4.23. The number of aromatic hydroxyl groups is 1. The van der Waals surface area contributed by atoms with Crippen LogP contribution in [0.5, 0.6) is 11.5 Å². The van der Waals surface area contributed by atoms with Crippen LogP contribution >= 0.6 is 0 Å². The highest BCUT2D eigenvalue weighted by atomic mass is 19.4. The fourth-order valence-electron chi connectivity index (χ4n) is 2.71. The first-order chi connectivity index (χ1) is 13.7. The van der Waals surface area contributed by atoms with E-state index in [-0.39, 0.29) is 30.2 Å². The lowest BCUT2D eigenvalue weighted by Crippen LogP contribution is -2.35. The molecule has 1 amide bonds. The lowest BCUT2D eigenvalue weighted by Gasteiger charge is -2.14. The molecule has 0 bridgehead atoms. The number of fused-ring (bicyclic) bond motifs is 1. The Labute approximate surface area is 164 Å². The summed E-state index contributed by atoms with van der Waals surface area (Å²) >= 11 is 0. The molecule has 0 aliphatic heterocycles. The number of hydrogen-bond donors (Lipinski definition) is 3. The molecule has 0 saturated carbocycles.